The van der Waals surface area contributed by atoms with E-state index in [-0.39, 0.29) is 0 Å². The molecule has 1 aromatic carbocycles. The maximum Gasteiger partial charge on any atom is 0.565 e. The van der Waals surface area contributed by atoms with Gasteiger partial charge >= 0.3 is 7.12 Å². The third-order valence-electron chi connectivity index (χ3n) is 2.57. The monoisotopic (exact) mass is 203 g/mol. The Labute approximate surface area is 90.0 Å². The minimum absolute atomic E-state index is 0.436. The molecule has 2 rings (SSSR count). The van der Waals surface area contributed by atoms with Crippen LogP contribution in [0.4, 0.5) is 5.69 Å². The first-order valence-electron chi connectivity index (χ1n) is 4.89. The second-order valence-electron chi connectivity index (χ2n) is 4.13. The van der Waals surface area contributed by atoms with Crippen LogP contribution in [0, 0.1) is 0 Å². The van der Waals surface area contributed by atoms with Gasteiger partial charge in [-0.15, -0.1) is 0 Å². The molecule has 0 aromatic heterocycles. The smallest absolute Gasteiger partial charge is 0.534 e. The van der Waals surface area contributed by atoms with Gasteiger partial charge in [0, 0.05) is 11.2 Å². The lowest BCUT2D eigenvalue weighted by molar-refractivity contribution is 0.173. The molecule has 1 aromatic rings. The van der Waals surface area contributed by atoms with E-state index in [0.717, 1.165) is 5.46 Å². The van der Waals surface area contributed by atoms with E-state index in [4.69, 9.17) is 15.0 Å². The van der Waals surface area contributed by atoms with Crippen LogP contribution < -0.4 is 11.2 Å². The van der Waals surface area contributed by atoms with Gasteiger partial charge in [0.25, 0.3) is 0 Å². The molecule has 2 N–H and O–H groups in total. The Kier molecular flexibility index (Phi) is 2.23. The highest BCUT2D eigenvalue weighted by atomic mass is 16.7. The molecule has 1 aliphatic heterocycles. The van der Waals surface area contributed by atoms with Crippen LogP contribution in [0.25, 0.3) is 0 Å². The van der Waals surface area contributed by atoms with Crippen LogP contribution in [-0.4, -0.2) is 12.7 Å². The van der Waals surface area contributed by atoms with Gasteiger partial charge in [0.2, 0.25) is 0 Å². The van der Waals surface area contributed by atoms with Gasteiger partial charge in [-0.3, -0.25) is 0 Å². The minimum atomic E-state index is -0.451. The van der Waals surface area contributed by atoms with Crippen molar-refractivity contribution in [1.82, 2.24) is 0 Å². The summed E-state index contributed by atoms with van der Waals surface area (Å²) in [5.74, 6) is 0.635. The molecule has 1 fully saturated rings. The molecule has 0 saturated carbocycles. The Bertz CT molecular complexity index is 403. The van der Waals surface area contributed by atoms with Crippen molar-refractivity contribution < 1.29 is 9.31 Å². The van der Waals surface area contributed by atoms with Gasteiger partial charge in [0.05, 0.1) is 5.76 Å². The predicted molar refractivity (Wildman–Crippen MR) is 61.6 cm³/mol. The minimum Gasteiger partial charge on any atom is -0.534 e. The number of nitrogens with two attached hydrogens (primary N) is 1. The van der Waals surface area contributed by atoms with Crippen LogP contribution in [0.1, 0.15) is 13.8 Å². The Morgan fingerprint density at radius 1 is 1.33 bits per heavy atom. The van der Waals surface area contributed by atoms with Gasteiger partial charge < -0.3 is 15.0 Å². The molecule has 0 amide bonds. The molecule has 0 bridgehead atoms. The Morgan fingerprint density at radius 2 is 2.00 bits per heavy atom. The largest absolute Gasteiger partial charge is 0.565 e. The number of hydrogen-bond acceptors (Lipinski definition) is 3. The Balaban J connectivity index is 2.29. The van der Waals surface area contributed by atoms with Gasteiger partial charge in [0.1, 0.15) is 5.60 Å². The standard InChI is InChI=1S/C11H14BNO2/c1-8-11(2,3)15-12(14-8)9-6-4-5-7-10(9)13/h4-7H,1,13H2,2-3H3. The van der Waals surface area contributed by atoms with Gasteiger partial charge in [-0.25, -0.2) is 0 Å². The third kappa shape index (κ3) is 1.73. The Hall–Kier alpha value is -1.42. The molecule has 0 radical (unpaired) electrons. The van der Waals surface area contributed by atoms with Gasteiger partial charge in [-0.1, -0.05) is 24.8 Å². The van der Waals surface area contributed by atoms with Gasteiger partial charge in [0.15, 0.2) is 0 Å². The van der Waals surface area contributed by atoms with Crippen molar-refractivity contribution in [2.24, 2.45) is 0 Å². The van der Waals surface area contributed by atoms with Crippen LogP contribution in [0.5, 0.6) is 0 Å². The first-order valence-corrected chi connectivity index (χ1v) is 4.89. The number of anilines is 1. The lowest BCUT2D eigenvalue weighted by Crippen LogP contribution is -2.36. The molecule has 15 heavy (non-hydrogen) atoms. The number of rotatable bonds is 1. The van der Waals surface area contributed by atoms with E-state index in [2.05, 4.69) is 6.58 Å². The highest BCUT2D eigenvalue weighted by Crippen LogP contribution is 2.29. The van der Waals surface area contributed by atoms with Crippen molar-refractivity contribution in [3.8, 4) is 0 Å². The summed E-state index contributed by atoms with van der Waals surface area (Å²) in [7, 11) is -0.436. The predicted octanol–water partition coefficient (Wildman–Crippen LogP) is 1.30. The van der Waals surface area contributed by atoms with Crippen molar-refractivity contribution in [3.63, 3.8) is 0 Å². The van der Waals surface area contributed by atoms with Gasteiger partial charge in [-0.05, 0) is 19.9 Å². The van der Waals surface area contributed by atoms with E-state index in [1.165, 1.54) is 0 Å². The van der Waals surface area contributed by atoms with Crippen LogP contribution in [0.15, 0.2) is 36.6 Å². The fourth-order valence-electron chi connectivity index (χ4n) is 1.48. The highest BCUT2D eigenvalue weighted by Gasteiger charge is 2.43. The van der Waals surface area contributed by atoms with Crippen LogP contribution in [-0.2, 0) is 9.31 Å². The average Bonchev–Trinajstić information content (AvgIpc) is 2.42. The molecular weight excluding hydrogens is 189 g/mol. The summed E-state index contributed by atoms with van der Waals surface area (Å²) in [4.78, 5) is 0. The lowest BCUT2D eigenvalue weighted by Gasteiger charge is -2.15. The zero-order chi connectivity index (χ0) is 11.1. The summed E-state index contributed by atoms with van der Waals surface area (Å²) in [5, 5.41) is 0. The normalized spacial score (nSPS) is 19.1. The number of para-hydroxylation sites is 1. The zero-order valence-corrected chi connectivity index (χ0v) is 8.99. The van der Waals surface area contributed by atoms with Crippen molar-refractivity contribution in [2.45, 2.75) is 19.4 Å². The molecule has 0 atom stereocenters. The molecule has 0 unspecified atom stereocenters. The van der Waals surface area contributed by atoms with Crippen molar-refractivity contribution >= 4 is 18.3 Å². The second-order valence-corrected chi connectivity index (χ2v) is 4.13. The molecule has 1 heterocycles. The summed E-state index contributed by atoms with van der Waals surface area (Å²) in [6, 6.07) is 7.52. The molecule has 4 heteroatoms. The molecular formula is C11H14BNO2. The third-order valence-corrected chi connectivity index (χ3v) is 2.57. The average molecular weight is 203 g/mol. The van der Waals surface area contributed by atoms with E-state index < -0.39 is 12.7 Å². The van der Waals surface area contributed by atoms with Crippen molar-refractivity contribution in [1.29, 1.82) is 0 Å². The number of nitrogen functional groups attached to an aromatic ring is 1. The molecule has 1 aliphatic rings. The summed E-state index contributed by atoms with van der Waals surface area (Å²) < 4.78 is 11.3. The maximum atomic E-state index is 5.84. The summed E-state index contributed by atoms with van der Waals surface area (Å²) in [5.41, 5.74) is 6.92. The number of hydrogen-bond donors (Lipinski definition) is 1. The first kappa shape index (κ1) is 10.1. The summed E-state index contributed by atoms with van der Waals surface area (Å²) in [6.45, 7) is 7.67. The summed E-state index contributed by atoms with van der Waals surface area (Å²) >= 11 is 0. The number of benzene rings is 1. The summed E-state index contributed by atoms with van der Waals surface area (Å²) in [6.07, 6.45) is 0. The van der Waals surface area contributed by atoms with E-state index in [0.29, 0.717) is 11.4 Å². The zero-order valence-electron chi connectivity index (χ0n) is 8.99. The maximum absolute atomic E-state index is 5.84. The molecule has 3 nitrogen and oxygen atoms in total. The van der Waals surface area contributed by atoms with Crippen LogP contribution in [0.2, 0.25) is 0 Å². The molecule has 78 valence electrons. The Morgan fingerprint density at radius 3 is 2.53 bits per heavy atom. The van der Waals surface area contributed by atoms with E-state index in [1.807, 2.05) is 38.1 Å². The SMILES string of the molecule is C=C1OB(c2ccccc2N)OC1(C)C. The first-order chi connectivity index (χ1) is 7.00. The highest BCUT2D eigenvalue weighted by molar-refractivity contribution is 6.64. The van der Waals surface area contributed by atoms with E-state index >= 15 is 0 Å². The van der Waals surface area contributed by atoms with E-state index in [1.54, 1.807) is 0 Å². The molecule has 0 spiro atoms. The fourth-order valence-corrected chi connectivity index (χ4v) is 1.48. The lowest BCUT2D eigenvalue weighted by atomic mass is 9.78. The van der Waals surface area contributed by atoms with Crippen LogP contribution in [0.3, 0.4) is 0 Å². The molecule has 1 saturated heterocycles. The topological polar surface area (TPSA) is 44.5 Å². The quantitative estimate of drug-likeness (QED) is 0.552. The van der Waals surface area contributed by atoms with Crippen molar-refractivity contribution in [2.75, 3.05) is 5.73 Å². The molecule has 0 aliphatic carbocycles. The van der Waals surface area contributed by atoms with E-state index in [9.17, 15) is 0 Å². The van der Waals surface area contributed by atoms with Gasteiger partial charge in [-0.2, -0.15) is 0 Å². The second kappa shape index (κ2) is 3.31. The van der Waals surface area contributed by atoms with Crippen molar-refractivity contribution in [3.05, 3.63) is 36.6 Å². The van der Waals surface area contributed by atoms with Crippen LogP contribution >= 0.6 is 0 Å². The fraction of sp³-hybridized carbons (Fsp3) is 0.273.